The fourth-order valence-electron chi connectivity index (χ4n) is 0. The summed E-state index contributed by atoms with van der Waals surface area (Å²) >= 11 is 0. The second-order valence-corrected chi connectivity index (χ2v) is 0. The summed E-state index contributed by atoms with van der Waals surface area (Å²) in [5.41, 5.74) is 0. The van der Waals surface area contributed by atoms with Gasteiger partial charge in [0.2, 0.25) is 0 Å². The van der Waals surface area contributed by atoms with Crippen molar-refractivity contribution in [1.82, 2.24) is 0 Å². The van der Waals surface area contributed by atoms with Gasteiger partial charge in [-0.15, -0.1) is 0 Å². The first kappa shape index (κ1) is 157. The standard InChI is InChI=1S/Fe.Mg.3H2O.H4Si.2H/h;;3*1H2;1H4;;/q+3;;;;;;;/p-3. The van der Waals surface area contributed by atoms with Gasteiger partial charge in [0, 0.05) is 0 Å². The van der Waals surface area contributed by atoms with Crippen molar-refractivity contribution in [2.24, 2.45) is 0 Å². The Hall–Kier alpha value is 1.38. The Kier molecular flexibility index (Phi) is 2540. The van der Waals surface area contributed by atoms with Crippen molar-refractivity contribution in [2.75, 3.05) is 0 Å². The molecular weight excluding hydrogens is 156 g/mol. The molecule has 3 nitrogen and oxygen atoms in total. The van der Waals surface area contributed by atoms with E-state index >= 15 is 0 Å². The van der Waals surface area contributed by atoms with Crippen LogP contribution in [0.15, 0.2) is 0 Å². The van der Waals surface area contributed by atoms with Crippen molar-refractivity contribution < 1.29 is 33.5 Å². The van der Waals surface area contributed by atoms with Gasteiger partial charge in [0.1, 0.15) is 0 Å². The van der Waals surface area contributed by atoms with E-state index in [1.807, 2.05) is 0 Å². The monoisotopic (exact) mass is 165 g/mol. The van der Waals surface area contributed by atoms with E-state index in [0.717, 1.165) is 0 Å². The Balaban J connectivity index is 0. The Morgan fingerprint density at radius 3 is 0.667 bits per heavy atom. The Morgan fingerprint density at radius 1 is 0.667 bits per heavy atom. The summed E-state index contributed by atoms with van der Waals surface area (Å²) in [4.78, 5) is 0. The molecule has 0 spiro atoms. The fourth-order valence-corrected chi connectivity index (χ4v) is 0. The molecule has 0 aliphatic carbocycles. The van der Waals surface area contributed by atoms with Crippen molar-refractivity contribution in [1.29, 1.82) is 0 Å². The third-order valence-corrected chi connectivity index (χ3v) is 0. The molecule has 6 heteroatoms. The van der Waals surface area contributed by atoms with Crippen LogP contribution in [-0.2, 0) is 17.1 Å². The van der Waals surface area contributed by atoms with Crippen LogP contribution in [0.25, 0.3) is 0 Å². The number of hydrogen-bond acceptors (Lipinski definition) is 3. The average Bonchev–Trinajstić information content (AvgIpc) is 0. The molecule has 41 valence electrons. The van der Waals surface area contributed by atoms with Crippen LogP contribution in [0.4, 0.5) is 0 Å². The van der Waals surface area contributed by atoms with Gasteiger partial charge in [0.05, 0.1) is 0 Å². The van der Waals surface area contributed by atoms with E-state index in [0.29, 0.717) is 0 Å². The van der Waals surface area contributed by atoms with Gasteiger partial charge in [-0.05, 0) is 11.0 Å². The molecule has 0 fully saturated rings. The van der Waals surface area contributed by atoms with Crippen LogP contribution in [-0.4, -0.2) is 50.4 Å². The number of rotatable bonds is 0. The maximum absolute atomic E-state index is 0. The maximum Gasteiger partial charge on any atom is 3.00 e. The zero-order chi connectivity index (χ0) is 0. The van der Waals surface area contributed by atoms with Gasteiger partial charge in [-0.1, -0.05) is 0 Å². The van der Waals surface area contributed by atoms with Gasteiger partial charge in [0.25, 0.3) is 0 Å². The summed E-state index contributed by atoms with van der Waals surface area (Å²) in [5.74, 6) is 0. The van der Waals surface area contributed by atoms with Gasteiger partial charge in [-0.2, -0.15) is 0 Å². The first-order chi connectivity index (χ1) is 0. The van der Waals surface area contributed by atoms with Gasteiger partial charge < -0.3 is 16.4 Å². The molecule has 0 aromatic rings. The summed E-state index contributed by atoms with van der Waals surface area (Å²) in [5, 5.41) is 0. The van der Waals surface area contributed by atoms with Crippen LogP contribution < -0.4 is 0 Å². The quantitative estimate of drug-likeness (QED) is 0.361. The molecule has 1 radical (unpaired) electrons. The van der Waals surface area contributed by atoms with E-state index in [4.69, 9.17) is 0 Å². The Bertz CT molecular complexity index is 10.8. The molecule has 0 bridgehead atoms. The molecule has 0 aliphatic heterocycles. The summed E-state index contributed by atoms with van der Waals surface area (Å²) in [7, 11) is 0. The van der Waals surface area contributed by atoms with Gasteiger partial charge in [-0.25, -0.2) is 0 Å². The summed E-state index contributed by atoms with van der Waals surface area (Å²) in [6, 6.07) is 0. The van der Waals surface area contributed by atoms with Gasteiger partial charge in [-0.3, -0.25) is 0 Å². The van der Waals surface area contributed by atoms with Crippen LogP contribution in [0.2, 0.25) is 0 Å². The van der Waals surface area contributed by atoms with Crippen molar-refractivity contribution >= 4 is 34.0 Å². The van der Waals surface area contributed by atoms with E-state index in [1.54, 1.807) is 0 Å². The molecular formula is H9FeMgO3Si. The van der Waals surface area contributed by atoms with E-state index in [9.17, 15) is 0 Å². The molecule has 0 heterocycles. The zero-order valence-electron chi connectivity index (χ0n) is 1.70. The SMILES string of the molecule is [Fe+3].[MgH2].[OH-].[OH-].[OH-].[SiH4]. The van der Waals surface area contributed by atoms with Crippen LogP contribution in [0.3, 0.4) is 0 Å². The van der Waals surface area contributed by atoms with Crippen LogP contribution in [0, 0.1) is 0 Å². The molecule has 0 saturated carbocycles. The predicted octanol–water partition coefficient (Wildman–Crippen LogP) is -2.90. The molecule has 0 rings (SSSR count). The maximum atomic E-state index is 0. The molecule has 0 unspecified atom stereocenters. The number of hydrogen-bond donors (Lipinski definition) is 0. The molecule has 0 atom stereocenters. The van der Waals surface area contributed by atoms with Crippen molar-refractivity contribution in [2.45, 2.75) is 0 Å². The van der Waals surface area contributed by atoms with Crippen molar-refractivity contribution in [3.05, 3.63) is 0 Å². The fraction of sp³-hybridized carbons (Fsp3) is 0. The van der Waals surface area contributed by atoms with Crippen LogP contribution >= 0.6 is 0 Å². The summed E-state index contributed by atoms with van der Waals surface area (Å²) < 4.78 is 0. The summed E-state index contributed by atoms with van der Waals surface area (Å²) in [6.45, 7) is 0. The Morgan fingerprint density at radius 2 is 0.667 bits per heavy atom. The first-order valence-electron chi connectivity index (χ1n) is 0. The first-order valence-corrected chi connectivity index (χ1v) is 0. The zero-order valence-corrected chi connectivity index (χ0v) is 2.80. The molecule has 3 N–H and O–H groups in total. The van der Waals surface area contributed by atoms with Crippen molar-refractivity contribution in [3.63, 3.8) is 0 Å². The third-order valence-electron chi connectivity index (χ3n) is 0. The van der Waals surface area contributed by atoms with Crippen LogP contribution in [0.1, 0.15) is 0 Å². The molecule has 6 heavy (non-hydrogen) atoms. The van der Waals surface area contributed by atoms with E-state index in [2.05, 4.69) is 0 Å². The van der Waals surface area contributed by atoms with E-state index < -0.39 is 0 Å². The summed E-state index contributed by atoms with van der Waals surface area (Å²) in [6.07, 6.45) is 0. The van der Waals surface area contributed by atoms with E-state index in [1.165, 1.54) is 0 Å². The molecule has 0 aromatic carbocycles. The average molecular weight is 165 g/mol. The largest absolute Gasteiger partial charge is 3.00 e. The minimum absolute atomic E-state index is 0. The predicted molar refractivity (Wildman–Crippen MR) is 25.7 cm³/mol. The molecule has 0 aromatic heterocycles. The second-order valence-electron chi connectivity index (χ2n) is 0. The minimum Gasteiger partial charge on any atom is -0.870 e. The smallest absolute Gasteiger partial charge is 0.870 e. The molecule has 0 saturated heterocycles. The van der Waals surface area contributed by atoms with Gasteiger partial charge >= 0.3 is 40.1 Å². The molecule has 0 amide bonds. The minimum atomic E-state index is 0. The second kappa shape index (κ2) is 96.7. The Labute approximate surface area is 67.4 Å². The van der Waals surface area contributed by atoms with Crippen molar-refractivity contribution in [3.8, 4) is 0 Å². The van der Waals surface area contributed by atoms with E-state index in [-0.39, 0.29) is 67.5 Å². The topological polar surface area (TPSA) is 90.0 Å². The van der Waals surface area contributed by atoms with Crippen LogP contribution in [0.5, 0.6) is 0 Å². The normalized spacial score (nSPS) is 0. The van der Waals surface area contributed by atoms with Gasteiger partial charge in [0.15, 0.2) is 0 Å². The molecule has 0 aliphatic rings. The third kappa shape index (κ3) is 54.1.